The van der Waals surface area contributed by atoms with Crippen LogP contribution in [-0.4, -0.2) is 17.0 Å². The van der Waals surface area contributed by atoms with E-state index < -0.39 is 5.92 Å². The molecule has 0 saturated heterocycles. The van der Waals surface area contributed by atoms with Gasteiger partial charge in [0.1, 0.15) is 5.92 Å². The number of benzene rings is 1. The van der Waals surface area contributed by atoms with Gasteiger partial charge in [-0.25, -0.2) is 0 Å². The smallest absolute Gasteiger partial charge is 0.235 e. The third-order valence-electron chi connectivity index (χ3n) is 3.37. The highest BCUT2D eigenvalue weighted by molar-refractivity contribution is 6.08. The van der Waals surface area contributed by atoms with Gasteiger partial charge in [-0.15, -0.1) is 0 Å². The molecule has 1 aromatic carbocycles. The number of rotatable bonds is 5. The lowest BCUT2D eigenvalue weighted by Gasteiger charge is -2.20. The fraction of sp³-hybridized carbons (Fsp3) is 0.467. The van der Waals surface area contributed by atoms with E-state index in [1.165, 1.54) is 0 Å². The first-order valence-electron chi connectivity index (χ1n) is 6.79. The summed E-state index contributed by atoms with van der Waals surface area (Å²) in [6.07, 6.45) is 0.827. The van der Waals surface area contributed by atoms with Gasteiger partial charge in [-0.3, -0.25) is 4.79 Å². The second-order valence-corrected chi connectivity index (χ2v) is 5.20. The van der Waals surface area contributed by atoms with Crippen molar-refractivity contribution in [3.63, 3.8) is 0 Å². The molecule has 1 rings (SSSR count). The van der Waals surface area contributed by atoms with Gasteiger partial charge in [-0.1, -0.05) is 44.1 Å². The van der Waals surface area contributed by atoms with Crippen molar-refractivity contribution in [2.24, 2.45) is 22.7 Å². The van der Waals surface area contributed by atoms with Crippen molar-refractivity contribution in [1.82, 2.24) is 0 Å². The third-order valence-corrected chi connectivity index (χ3v) is 3.37. The summed E-state index contributed by atoms with van der Waals surface area (Å²) in [4.78, 5) is 12.4. The summed E-state index contributed by atoms with van der Waals surface area (Å²) in [5.41, 5.74) is 8.51. The molecule has 0 bridgehead atoms. The van der Waals surface area contributed by atoms with Crippen LogP contribution in [0.4, 0.5) is 5.69 Å². The zero-order valence-electron chi connectivity index (χ0n) is 12.5. The van der Waals surface area contributed by atoms with Gasteiger partial charge in [0.25, 0.3) is 0 Å². The Balaban J connectivity index is 3.06. The van der Waals surface area contributed by atoms with Crippen LogP contribution in [0.25, 0.3) is 0 Å². The first-order chi connectivity index (χ1) is 9.42. The summed E-state index contributed by atoms with van der Waals surface area (Å²) in [7, 11) is 0. The molecule has 1 aromatic rings. The molecule has 4 N–H and O–H groups in total. The number of anilines is 1. The number of carbonyl (C=O) groups excluding carboxylic acids is 1. The highest BCUT2D eigenvalue weighted by Gasteiger charge is 2.27. The van der Waals surface area contributed by atoms with E-state index in [-0.39, 0.29) is 17.7 Å². The van der Waals surface area contributed by atoms with Crippen molar-refractivity contribution in [3.8, 4) is 0 Å². The van der Waals surface area contributed by atoms with E-state index in [1.807, 2.05) is 45.9 Å². The molecule has 0 aliphatic rings. The Morgan fingerprint density at radius 1 is 1.45 bits per heavy atom. The van der Waals surface area contributed by atoms with Gasteiger partial charge in [0, 0.05) is 5.69 Å². The second kappa shape index (κ2) is 6.93. The summed E-state index contributed by atoms with van der Waals surface area (Å²) in [6, 6.07) is 5.90. The fourth-order valence-corrected chi connectivity index (χ4v) is 2.24. The third kappa shape index (κ3) is 3.50. The maximum atomic E-state index is 12.4. The van der Waals surface area contributed by atoms with Crippen LogP contribution in [0.5, 0.6) is 0 Å². The Morgan fingerprint density at radius 2 is 2.10 bits per heavy atom. The van der Waals surface area contributed by atoms with Crippen molar-refractivity contribution >= 4 is 17.4 Å². The monoisotopic (exact) mass is 277 g/mol. The van der Waals surface area contributed by atoms with Crippen LogP contribution in [0, 0.1) is 18.8 Å². The van der Waals surface area contributed by atoms with E-state index in [9.17, 15) is 4.79 Å². The minimum absolute atomic E-state index is 0.0556. The van der Waals surface area contributed by atoms with Crippen molar-refractivity contribution in [2.75, 3.05) is 5.32 Å². The van der Waals surface area contributed by atoms with E-state index in [2.05, 4.69) is 10.5 Å². The molecule has 1 amide bonds. The molecule has 0 heterocycles. The largest absolute Gasteiger partial charge is 0.409 e. The highest BCUT2D eigenvalue weighted by atomic mass is 16.4. The SMILES string of the molecule is CCc1cccc(C)c1NC(=O)C(C(N)=NO)C(C)C. The van der Waals surface area contributed by atoms with E-state index in [0.717, 1.165) is 23.2 Å². The van der Waals surface area contributed by atoms with Crippen molar-refractivity contribution < 1.29 is 10.0 Å². The number of amidine groups is 1. The zero-order chi connectivity index (χ0) is 15.3. The molecule has 0 aliphatic heterocycles. The van der Waals surface area contributed by atoms with Gasteiger partial charge in [-0.2, -0.15) is 0 Å². The van der Waals surface area contributed by atoms with Gasteiger partial charge in [0.15, 0.2) is 5.84 Å². The number of hydrogen-bond donors (Lipinski definition) is 3. The number of aryl methyl sites for hydroxylation is 2. The van der Waals surface area contributed by atoms with Crippen molar-refractivity contribution in [3.05, 3.63) is 29.3 Å². The molecule has 0 fully saturated rings. The summed E-state index contributed by atoms with van der Waals surface area (Å²) >= 11 is 0. The first-order valence-corrected chi connectivity index (χ1v) is 6.79. The maximum absolute atomic E-state index is 12.4. The Hall–Kier alpha value is -2.04. The van der Waals surface area contributed by atoms with E-state index in [1.54, 1.807) is 0 Å². The van der Waals surface area contributed by atoms with Crippen LogP contribution < -0.4 is 11.1 Å². The molecule has 0 saturated carbocycles. The summed E-state index contributed by atoms with van der Waals surface area (Å²) in [5, 5.41) is 14.7. The van der Waals surface area contributed by atoms with Gasteiger partial charge >= 0.3 is 0 Å². The maximum Gasteiger partial charge on any atom is 0.235 e. The lowest BCUT2D eigenvalue weighted by molar-refractivity contribution is -0.119. The molecule has 1 unspecified atom stereocenters. The van der Waals surface area contributed by atoms with E-state index in [0.29, 0.717) is 0 Å². The molecule has 110 valence electrons. The molecule has 1 atom stereocenters. The highest BCUT2D eigenvalue weighted by Crippen LogP contribution is 2.23. The summed E-state index contributed by atoms with van der Waals surface area (Å²) in [6.45, 7) is 7.71. The van der Waals surface area contributed by atoms with Crippen LogP contribution in [0.1, 0.15) is 31.9 Å². The standard InChI is InChI=1S/C15H23N3O2/c1-5-11-8-6-7-10(4)13(11)17-15(19)12(9(2)3)14(16)18-20/h6-9,12,20H,5H2,1-4H3,(H2,16,18)(H,17,19). The average molecular weight is 277 g/mol. The molecule has 0 aliphatic carbocycles. The van der Waals surface area contributed by atoms with E-state index >= 15 is 0 Å². The number of oxime groups is 1. The van der Waals surface area contributed by atoms with Crippen LogP contribution in [0.3, 0.4) is 0 Å². The molecule has 0 spiro atoms. The molecule has 20 heavy (non-hydrogen) atoms. The normalized spacial score (nSPS) is 13.3. The lowest BCUT2D eigenvalue weighted by Crippen LogP contribution is -2.38. The van der Waals surface area contributed by atoms with Crippen LogP contribution in [0.15, 0.2) is 23.4 Å². The van der Waals surface area contributed by atoms with Gasteiger partial charge in [0.2, 0.25) is 5.91 Å². The Bertz CT molecular complexity index is 510. The number of hydrogen-bond acceptors (Lipinski definition) is 3. The molecule has 0 radical (unpaired) electrons. The van der Waals surface area contributed by atoms with Gasteiger partial charge in [-0.05, 0) is 30.4 Å². The number of nitrogens with one attached hydrogen (secondary N) is 1. The molecule has 5 heteroatoms. The number of para-hydroxylation sites is 1. The number of nitrogens with two attached hydrogens (primary N) is 1. The fourth-order valence-electron chi connectivity index (χ4n) is 2.24. The van der Waals surface area contributed by atoms with Crippen LogP contribution in [-0.2, 0) is 11.2 Å². The number of nitrogens with zero attached hydrogens (tertiary/aromatic N) is 1. The quantitative estimate of drug-likeness (QED) is 0.334. The van der Waals surface area contributed by atoms with Crippen molar-refractivity contribution in [1.29, 1.82) is 0 Å². The molecule has 5 nitrogen and oxygen atoms in total. The minimum Gasteiger partial charge on any atom is -0.409 e. The molecule has 0 aromatic heterocycles. The van der Waals surface area contributed by atoms with E-state index in [4.69, 9.17) is 10.9 Å². The summed E-state index contributed by atoms with van der Waals surface area (Å²) < 4.78 is 0. The Kier molecular flexibility index (Phi) is 5.55. The van der Waals surface area contributed by atoms with Gasteiger partial charge < -0.3 is 16.3 Å². The van der Waals surface area contributed by atoms with Crippen molar-refractivity contribution in [2.45, 2.75) is 34.1 Å². The van der Waals surface area contributed by atoms with Crippen LogP contribution in [0.2, 0.25) is 0 Å². The summed E-state index contributed by atoms with van der Waals surface area (Å²) in [5.74, 6) is -1.02. The zero-order valence-corrected chi connectivity index (χ0v) is 12.5. The molecular weight excluding hydrogens is 254 g/mol. The topological polar surface area (TPSA) is 87.7 Å². The minimum atomic E-state index is -0.649. The Morgan fingerprint density at radius 3 is 2.60 bits per heavy atom. The molecular formula is C15H23N3O2. The average Bonchev–Trinajstić information content (AvgIpc) is 2.40. The van der Waals surface area contributed by atoms with Gasteiger partial charge in [0.05, 0.1) is 0 Å². The predicted molar refractivity (Wildman–Crippen MR) is 80.9 cm³/mol. The number of amides is 1. The lowest BCUT2D eigenvalue weighted by atomic mass is 9.93. The first kappa shape index (κ1) is 16.0. The Labute approximate surface area is 119 Å². The second-order valence-electron chi connectivity index (χ2n) is 5.20. The van der Waals surface area contributed by atoms with Crippen LogP contribution >= 0.6 is 0 Å². The number of carbonyl (C=O) groups is 1. The predicted octanol–water partition coefficient (Wildman–Crippen LogP) is 2.51.